The number of nitrogens with zero attached hydrogens (tertiary/aromatic N) is 2. The van der Waals surface area contributed by atoms with Gasteiger partial charge >= 0.3 is 6.03 Å². The molecule has 0 spiro atoms. The number of aromatic nitrogens is 1. The van der Waals surface area contributed by atoms with E-state index in [1.807, 2.05) is 51.1 Å². The lowest BCUT2D eigenvalue weighted by atomic mass is 10.2. The van der Waals surface area contributed by atoms with Gasteiger partial charge in [0.15, 0.2) is 11.5 Å². The van der Waals surface area contributed by atoms with Crippen LogP contribution in [0.1, 0.15) is 30.7 Å². The number of methoxy groups -OCH3 is 1. The lowest BCUT2D eigenvalue weighted by Crippen LogP contribution is -2.36. The number of pyridine rings is 1. The van der Waals surface area contributed by atoms with E-state index in [1.54, 1.807) is 25.3 Å². The molecule has 1 aromatic heterocycles. The Labute approximate surface area is 155 Å². The van der Waals surface area contributed by atoms with E-state index in [0.717, 1.165) is 16.8 Å². The second kappa shape index (κ2) is 9.08. The van der Waals surface area contributed by atoms with Crippen molar-refractivity contribution in [3.05, 3.63) is 53.3 Å². The highest BCUT2D eigenvalue weighted by molar-refractivity contribution is 5.73. The number of amides is 2. The van der Waals surface area contributed by atoms with Crippen molar-refractivity contribution >= 4 is 6.03 Å². The van der Waals surface area contributed by atoms with Crippen LogP contribution >= 0.6 is 0 Å². The quantitative estimate of drug-likeness (QED) is 0.823. The fourth-order valence-electron chi connectivity index (χ4n) is 2.53. The zero-order valence-corrected chi connectivity index (χ0v) is 16.1. The van der Waals surface area contributed by atoms with Gasteiger partial charge in [-0.15, -0.1) is 0 Å². The average Bonchev–Trinajstić information content (AvgIpc) is 2.60. The number of urea groups is 1. The summed E-state index contributed by atoms with van der Waals surface area (Å²) in [6.07, 6.45) is 1.82. The number of nitrogens with one attached hydrogen (secondary N) is 1. The topological polar surface area (TPSA) is 63.7 Å². The van der Waals surface area contributed by atoms with Crippen LogP contribution in [0.2, 0.25) is 0 Å². The van der Waals surface area contributed by atoms with Crippen molar-refractivity contribution in [2.24, 2.45) is 0 Å². The molecule has 2 rings (SSSR count). The van der Waals surface area contributed by atoms with Crippen LogP contribution in [0.25, 0.3) is 0 Å². The van der Waals surface area contributed by atoms with Crippen LogP contribution < -0.4 is 14.8 Å². The molecule has 0 aliphatic heterocycles. The molecule has 2 aromatic rings. The van der Waals surface area contributed by atoms with Crippen molar-refractivity contribution in [1.29, 1.82) is 0 Å². The van der Waals surface area contributed by atoms with Crippen molar-refractivity contribution in [1.82, 2.24) is 15.2 Å². The van der Waals surface area contributed by atoms with Gasteiger partial charge in [-0.25, -0.2) is 4.79 Å². The molecule has 0 aliphatic carbocycles. The summed E-state index contributed by atoms with van der Waals surface area (Å²) in [5, 5.41) is 2.92. The predicted molar refractivity (Wildman–Crippen MR) is 101 cm³/mol. The summed E-state index contributed by atoms with van der Waals surface area (Å²) in [5.41, 5.74) is 2.93. The Bertz CT molecular complexity index is 747. The van der Waals surface area contributed by atoms with E-state index in [4.69, 9.17) is 9.47 Å². The maximum atomic E-state index is 12.3. The molecule has 0 radical (unpaired) electrons. The van der Waals surface area contributed by atoms with Gasteiger partial charge in [-0.2, -0.15) is 0 Å². The first-order valence-corrected chi connectivity index (χ1v) is 8.63. The normalized spacial score (nSPS) is 10.5. The molecule has 0 bridgehead atoms. The summed E-state index contributed by atoms with van der Waals surface area (Å²) < 4.78 is 11.1. The van der Waals surface area contributed by atoms with E-state index < -0.39 is 0 Å². The first-order chi connectivity index (χ1) is 12.4. The van der Waals surface area contributed by atoms with Gasteiger partial charge in [0.1, 0.15) is 0 Å². The summed E-state index contributed by atoms with van der Waals surface area (Å²) in [5.74, 6) is 1.36. The molecule has 0 saturated carbocycles. The van der Waals surface area contributed by atoms with E-state index >= 15 is 0 Å². The number of benzene rings is 1. The standard InChI is InChI=1S/C20H27N3O3/c1-14(2)26-18-7-6-16(11-19(18)25-5)12-22-20(24)23(4)13-17-8-9-21-15(3)10-17/h6-11,14H,12-13H2,1-5H3,(H,22,24). The van der Waals surface area contributed by atoms with E-state index in [0.29, 0.717) is 24.6 Å². The third-order valence-electron chi connectivity index (χ3n) is 3.76. The van der Waals surface area contributed by atoms with Crippen LogP contribution in [0.4, 0.5) is 4.79 Å². The highest BCUT2D eigenvalue weighted by atomic mass is 16.5. The Hall–Kier alpha value is -2.76. The third-order valence-corrected chi connectivity index (χ3v) is 3.76. The van der Waals surface area contributed by atoms with Crippen LogP contribution in [0.3, 0.4) is 0 Å². The molecule has 0 unspecified atom stereocenters. The highest BCUT2D eigenvalue weighted by Gasteiger charge is 2.11. The summed E-state index contributed by atoms with van der Waals surface area (Å²) in [6, 6.07) is 9.42. The first kappa shape index (κ1) is 19.6. The molecular formula is C20H27N3O3. The minimum atomic E-state index is -0.138. The Morgan fingerprint density at radius 3 is 2.62 bits per heavy atom. The minimum Gasteiger partial charge on any atom is -0.493 e. The van der Waals surface area contributed by atoms with Crippen LogP contribution in [0, 0.1) is 6.92 Å². The van der Waals surface area contributed by atoms with Gasteiger partial charge in [0, 0.05) is 32.0 Å². The number of carbonyl (C=O) groups is 1. The monoisotopic (exact) mass is 357 g/mol. The summed E-state index contributed by atoms with van der Waals surface area (Å²) in [4.78, 5) is 18.1. The van der Waals surface area contributed by atoms with Gasteiger partial charge in [0.05, 0.1) is 13.2 Å². The highest BCUT2D eigenvalue weighted by Crippen LogP contribution is 2.28. The molecule has 1 heterocycles. The van der Waals surface area contributed by atoms with Gasteiger partial charge in [-0.1, -0.05) is 6.07 Å². The van der Waals surface area contributed by atoms with Gasteiger partial charge in [0.2, 0.25) is 0 Å². The largest absolute Gasteiger partial charge is 0.493 e. The zero-order chi connectivity index (χ0) is 19.1. The molecule has 0 aliphatic rings. The molecule has 2 amide bonds. The lowest BCUT2D eigenvalue weighted by Gasteiger charge is -2.19. The Morgan fingerprint density at radius 2 is 1.96 bits per heavy atom. The van der Waals surface area contributed by atoms with Crippen molar-refractivity contribution < 1.29 is 14.3 Å². The second-order valence-corrected chi connectivity index (χ2v) is 6.47. The number of carbonyl (C=O) groups excluding carboxylic acids is 1. The third kappa shape index (κ3) is 5.65. The summed E-state index contributed by atoms with van der Waals surface area (Å²) >= 11 is 0. The Morgan fingerprint density at radius 1 is 1.19 bits per heavy atom. The maximum absolute atomic E-state index is 12.3. The number of ether oxygens (including phenoxy) is 2. The molecule has 26 heavy (non-hydrogen) atoms. The van der Waals surface area contributed by atoms with Crippen molar-refractivity contribution in [2.75, 3.05) is 14.2 Å². The zero-order valence-electron chi connectivity index (χ0n) is 16.1. The second-order valence-electron chi connectivity index (χ2n) is 6.47. The van der Waals surface area contributed by atoms with E-state index in [9.17, 15) is 4.79 Å². The van der Waals surface area contributed by atoms with E-state index in [2.05, 4.69) is 10.3 Å². The average molecular weight is 357 g/mol. The van der Waals surface area contributed by atoms with Crippen LogP contribution in [0.5, 0.6) is 11.5 Å². The number of hydrogen-bond acceptors (Lipinski definition) is 4. The summed E-state index contributed by atoms with van der Waals surface area (Å²) in [7, 11) is 3.38. The summed E-state index contributed by atoms with van der Waals surface area (Å²) in [6.45, 7) is 6.81. The van der Waals surface area contributed by atoms with Crippen LogP contribution in [0.15, 0.2) is 36.5 Å². The van der Waals surface area contributed by atoms with E-state index in [1.165, 1.54) is 0 Å². The van der Waals surface area contributed by atoms with Gasteiger partial charge in [-0.3, -0.25) is 4.98 Å². The van der Waals surface area contributed by atoms with Crippen molar-refractivity contribution in [3.63, 3.8) is 0 Å². The molecule has 1 N–H and O–H groups in total. The number of aryl methyl sites for hydroxylation is 1. The molecule has 0 fully saturated rings. The van der Waals surface area contributed by atoms with Crippen molar-refractivity contribution in [2.45, 2.75) is 40.0 Å². The van der Waals surface area contributed by atoms with Gasteiger partial charge in [0.25, 0.3) is 0 Å². The molecule has 1 aromatic carbocycles. The molecule has 6 nitrogen and oxygen atoms in total. The predicted octanol–water partition coefficient (Wildman–Crippen LogP) is 3.53. The number of hydrogen-bond donors (Lipinski definition) is 1. The fourth-order valence-corrected chi connectivity index (χ4v) is 2.53. The van der Waals surface area contributed by atoms with Crippen molar-refractivity contribution in [3.8, 4) is 11.5 Å². The lowest BCUT2D eigenvalue weighted by molar-refractivity contribution is 0.206. The smallest absolute Gasteiger partial charge is 0.317 e. The maximum Gasteiger partial charge on any atom is 0.317 e. The van der Waals surface area contributed by atoms with E-state index in [-0.39, 0.29) is 12.1 Å². The fraction of sp³-hybridized carbons (Fsp3) is 0.400. The van der Waals surface area contributed by atoms with Crippen LogP contribution in [-0.4, -0.2) is 36.2 Å². The number of rotatable bonds is 7. The SMILES string of the molecule is COc1cc(CNC(=O)N(C)Cc2ccnc(C)c2)ccc1OC(C)C. The molecule has 6 heteroatoms. The van der Waals surface area contributed by atoms with Gasteiger partial charge < -0.3 is 19.7 Å². The molecule has 0 atom stereocenters. The Kier molecular flexibility index (Phi) is 6.83. The molecular weight excluding hydrogens is 330 g/mol. The Balaban J connectivity index is 1.93. The van der Waals surface area contributed by atoms with Gasteiger partial charge in [-0.05, 0) is 56.2 Å². The molecule has 140 valence electrons. The first-order valence-electron chi connectivity index (χ1n) is 8.63. The van der Waals surface area contributed by atoms with Crippen LogP contribution in [-0.2, 0) is 13.1 Å². The minimum absolute atomic E-state index is 0.0694. The molecule has 0 saturated heterocycles.